The first kappa shape index (κ1) is 11.7. The first-order valence-electron chi connectivity index (χ1n) is 4.93. The Kier molecular flexibility index (Phi) is 3.85. The normalized spacial score (nSPS) is 13.1. The zero-order valence-corrected chi connectivity index (χ0v) is 9.23. The van der Waals surface area contributed by atoms with Gasteiger partial charge in [-0.1, -0.05) is 12.1 Å². The van der Waals surface area contributed by atoms with E-state index < -0.39 is 5.97 Å². The smallest absolute Gasteiger partial charge is 0.358 e. The van der Waals surface area contributed by atoms with E-state index in [1.54, 1.807) is 0 Å². The van der Waals surface area contributed by atoms with Gasteiger partial charge in [0.05, 0.1) is 6.54 Å². The zero-order chi connectivity index (χ0) is 11.4. The average Bonchev–Trinajstić information content (AvgIpc) is 2.65. The van der Waals surface area contributed by atoms with E-state index in [9.17, 15) is 4.79 Å². The Morgan fingerprint density at radius 1 is 1.73 bits per heavy atom. The molecule has 0 fully saturated rings. The number of carboxylic acids is 1. The Balaban J connectivity index is 2.61. The number of nitrogens with zero attached hydrogens (tertiary/aromatic N) is 2. The van der Waals surface area contributed by atoms with Crippen molar-refractivity contribution in [1.29, 1.82) is 0 Å². The summed E-state index contributed by atoms with van der Waals surface area (Å²) in [7, 11) is 1.97. The fraction of sp³-hybridized carbons (Fsp3) is 0.600. The SMILES string of the molecule is CCC(C)N(C)Cc1cc(C(=O)O)no1. The third-order valence-corrected chi connectivity index (χ3v) is 2.53. The maximum atomic E-state index is 10.6. The van der Waals surface area contributed by atoms with Gasteiger partial charge in [-0.3, -0.25) is 4.90 Å². The fourth-order valence-electron chi connectivity index (χ4n) is 1.20. The maximum Gasteiger partial charge on any atom is 0.358 e. The highest BCUT2D eigenvalue weighted by atomic mass is 16.5. The van der Waals surface area contributed by atoms with E-state index in [-0.39, 0.29) is 5.69 Å². The summed E-state index contributed by atoms with van der Waals surface area (Å²) in [6.45, 7) is 4.79. The molecule has 1 N–H and O–H groups in total. The van der Waals surface area contributed by atoms with Crippen molar-refractivity contribution in [1.82, 2.24) is 10.1 Å². The second-order valence-corrected chi connectivity index (χ2v) is 3.66. The molecule has 0 saturated carbocycles. The van der Waals surface area contributed by atoms with Crippen LogP contribution in [0.1, 0.15) is 36.5 Å². The molecule has 1 heterocycles. The van der Waals surface area contributed by atoms with Crippen LogP contribution in [-0.4, -0.2) is 34.2 Å². The van der Waals surface area contributed by atoms with Crippen LogP contribution in [0.3, 0.4) is 0 Å². The molecule has 84 valence electrons. The fourth-order valence-corrected chi connectivity index (χ4v) is 1.20. The molecule has 15 heavy (non-hydrogen) atoms. The standard InChI is InChI=1S/C10H16N2O3/c1-4-7(2)12(3)6-8-5-9(10(13)14)11-15-8/h5,7H,4,6H2,1-3H3,(H,13,14). The number of aromatic carboxylic acids is 1. The van der Waals surface area contributed by atoms with E-state index in [0.29, 0.717) is 18.3 Å². The average molecular weight is 212 g/mol. The van der Waals surface area contributed by atoms with Crippen LogP contribution in [0.4, 0.5) is 0 Å². The third-order valence-electron chi connectivity index (χ3n) is 2.53. The van der Waals surface area contributed by atoms with Crippen molar-refractivity contribution in [2.45, 2.75) is 32.9 Å². The number of carbonyl (C=O) groups is 1. The van der Waals surface area contributed by atoms with Crippen LogP contribution in [0.25, 0.3) is 0 Å². The Morgan fingerprint density at radius 3 is 2.87 bits per heavy atom. The first-order chi connectivity index (χ1) is 7.04. The van der Waals surface area contributed by atoms with Crippen molar-refractivity contribution in [3.8, 4) is 0 Å². The predicted octanol–water partition coefficient (Wildman–Crippen LogP) is 1.60. The molecule has 0 aliphatic carbocycles. The van der Waals surface area contributed by atoms with Gasteiger partial charge in [0.25, 0.3) is 0 Å². The van der Waals surface area contributed by atoms with Crippen LogP contribution in [0.15, 0.2) is 10.6 Å². The van der Waals surface area contributed by atoms with Crippen molar-refractivity contribution in [2.24, 2.45) is 0 Å². The van der Waals surface area contributed by atoms with Crippen LogP contribution >= 0.6 is 0 Å². The van der Waals surface area contributed by atoms with E-state index in [4.69, 9.17) is 9.63 Å². The van der Waals surface area contributed by atoms with Crippen molar-refractivity contribution in [3.63, 3.8) is 0 Å². The first-order valence-corrected chi connectivity index (χ1v) is 4.93. The largest absolute Gasteiger partial charge is 0.476 e. The quantitative estimate of drug-likeness (QED) is 0.803. The lowest BCUT2D eigenvalue weighted by atomic mass is 10.2. The van der Waals surface area contributed by atoms with E-state index in [2.05, 4.69) is 23.9 Å². The minimum absolute atomic E-state index is 0.0393. The molecule has 1 atom stereocenters. The van der Waals surface area contributed by atoms with Gasteiger partial charge in [-0.05, 0) is 20.4 Å². The van der Waals surface area contributed by atoms with Crippen molar-refractivity contribution >= 4 is 5.97 Å². The monoisotopic (exact) mass is 212 g/mol. The number of rotatable bonds is 5. The molecular formula is C10H16N2O3. The second kappa shape index (κ2) is 4.93. The zero-order valence-electron chi connectivity index (χ0n) is 9.23. The summed E-state index contributed by atoms with van der Waals surface area (Å²) < 4.78 is 4.92. The van der Waals surface area contributed by atoms with E-state index in [1.807, 2.05) is 7.05 Å². The van der Waals surface area contributed by atoms with E-state index >= 15 is 0 Å². The molecule has 1 rings (SSSR count). The summed E-state index contributed by atoms with van der Waals surface area (Å²) in [6.07, 6.45) is 1.04. The summed E-state index contributed by atoms with van der Waals surface area (Å²) >= 11 is 0. The third kappa shape index (κ3) is 3.06. The van der Waals surface area contributed by atoms with E-state index in [1.165, 1.54) is 6.07 Å². The number of hydrogen-bond acceptors (Lipinski definition) is 4. The molecule has 5 nitrogen and oxygen atoms in total. The van der Waals surface area contributed by atoms with Gasteiger partial charge >= 0.3 is 5.97 Å². The Bertz CT molecular complexity index is 335. The van der Waals surface area contributed by atoms with Crippen molar-refractivity contribution < 1.29 is 14.4 Å². The number of carboxylic acid groups (broad SMARTS) is 1. The molecular weight excluding hydrogens is 196 g/mol. The molecule has 5 heteroatoms. The molecule has 1 aromatic rings. The van der Waals surface area contributed by atoms with Crippen LogP contribution < -0.4 is 0 Å². The lowest BCUT2D eigenvalue weighted by Gasteiger charge is -2.21. The highest BCUT2D eigenvalue weighted by Gasteiger charge is 2.14. The molecule has 0 aromatic carbocycles. The molecule has 0 aliphatic rings. The summed E-state index contributed by atoms with van der Waals surface area (Å²) in [5, 5.41) is 12.1. The molecule has 0 aliphatic heterocycles. The second-order valence-electron chi connectivity index (χ2n) is 3.66. The summed E-state index contributed by atoms with van der Waals surface area (Å²) in [4.78, 5) is 12.6. The highest BCUT2D eigenvalue weighted by Crippen LogP contribution is 2.09. The lowest BCUT2D eigenvalue weighted by molar-refractivity contribution is 0.0685. The molecule has 0 bridgehead atoms. The molecule has 0 spiro atoms. The van der Waals surface area contributed by atoms with Gasteiger partial charge in [0.1, 0.15) is 0 Å². The van der Waals surface area contributed by atoms with Gasteiger partial charge in [0.15, 0.2) is 11.5 Å². The summed E-state index contributed by atoms with van der Waals surface area (Å²) in [6, 6.07) is 1.89. The Hall–Kier alpha value is -1.36. The minimum Gasteiger partial charge on any atom is -0.476 e. The minimum atomic E-state index is -1.06. The van der Waals surface area contributed by atoms with Crippen LogP contribution in [0, 0.1) is 0 Å². The predicted molar refractivity (Wildman–Crippen MR) is 54.7 cm³/mol. The van der Waals surface area contributed by atoms with E-state index in [0.717, 1.165) is 6.42 Å². The number of aromatic nitrogens is 1. The molecule has 0 radical (unpaired) electrons. The molecule has 1 unspecified atom stereocenters. The topological polar surface area (TPSA) is 66.6 Å². The molecule has 0 amide bonds. The highest BCUT2D eigenvalue weighted by molar-refractivity contribution is 5.85. The van der Waals surface area contributed by atoms with Gasteiger partial charge in [-0.15, -0.1) is 0 Å². The summed E-state index contributed by atoms with van der Waals surface area (Å²) in [5.41, 5.74) is -0.0393. The van der Waals surface area contributed by atoms with Gasteiger partial charge in [-0.25, -0.2) is 4.79 Å². The van der Waals surface area contributed by atoms with Crippen LogP contribution in [-0.2, 0) is 6.54 Å². The lowest BCUT2D eigenvalue weighted by Crippen LogP contribution is -2.27. The van der Waals surface area contributed by atoms with Gasteiger partial charge in [-0.2, -0.15) is 0 Å². The van der Waals surface area contributed by atoms with Crippen LogP contribution in [0.5, 0.6) is 0 Å². The maximum absolute atomic E-state index is 10.6. The summed E-state index contributed by atoms with van der Waals surface area (Å²) in [5.74, 6) is -0.480. The van der Waals surface area contributed by atoms with Crippen LogP contribution in [0.2, 0.25) is 0 Å². The van der Waals surface area contributed by atoms with Gasteiger partial charge < -0.3 is 9.63 Å². The van der Waals surface area contributed by atoms with Gasteiger partial charge in [0.2, 0.25) is 0 Å². The van der Waals surface area contributed by atoms with Gasteiger partial charge in [0, 0.05) is 12.1 Å². The van der Waals surface area contributed by atoms with Crippen molar-refractivity contribution in [3.05, 3.63) is 17.5 Å². The Labute approximate surface area is 88.7 Å². The number of hydrogen-bond donors (Lipinski definition) is 1. The van der Waals surface area contributed by atoms with Crippen molar-refractivity contribution in [2.75, 3.05) is 7.05 Å². The Morgan fingerprint density at radius 2 is 2.40 bits per heavy atom. The molecule has 0 saturated heterocycles. The molecule has 1 aromatic heterocycles.